The van der Waals surface area contributed by atoms with Gasteiger partial charge in [-0.3, -0.25) is 0 Å². The third-order valence-electron chi connectivity index (χ3n) is 3.33. The van der Waals surface area contributed by atoms with Gasteiger partial charge in [0.2, 0.25) is 0 Å². The maximum absolute atomic E-state index is 5.93. The summed E-state index contributed by atoms with van der Waals surface area (Å²) in [4.78, 5) is 0. The molecule has 1 rings (SSSR count). The van der Waals surface area contributed by atoms with Crippen LogP contribution in [0.15, 0.2) is 18.2 Å². The number of aryl methyl sites for hydroxylation is 2. The molecule has 0 saturated carbocycles. The van der Waals surface area contributed by atoms with Crippen LogP contribution in [0.4, 0.5) is 0 Å². The van der Waals surface area contributed by atoms with E-state index in [4.69, 9.17) is 10.5 Å². The van der Waals surface area contributed by atoms with E-state index in [2.05, 4.69) is 39.0 Å². The Morgan fingerprint density at radius 3 is 2.67 bits per heavy atom. The van der Waals surface area contributed by atoms with E-state index in [-0.39, 0.29) is 0 Å². The summed E-state index contributed by atoms with van der Waals surface area (Å²) in [7, 11) is 0. The Morgan fingerprint density at radius 2 is 2.06 bits per heavy atom. The van der Waals surface area contributed by atoms with Crippen LogP contribution < -0.4 is 10.5 Å². The van der Waals surface area contributed by atoms with Gasteiger partial charge in [-0.05, 0) is 62.3 Å². The molecule has 0 fully saturated rings. The third-order valence-corrected chi connectivity index (χ3v) is 3.33. The minimum Gasteiger partial charge on any atom is -0.494 e. The van der Waals surface area contributed by atoms with Crippen molar-refractivity contribution in [3.05, 3.63) is 29.3 Å². The van der Waals surface area contributed by atoms with Crippen molar-refractivity contribution in [1.29, 1.82) is 0 Å². The first-order valence-electron chi connectivity index (χ1n) is 7.15. The van der Waals surface area contributed by atoms with Crippen LogP contribution in [-0.2, 0) is 6.42 Å². The summed E-state index contributed by atoms with van der Waals surface area (Å²) in [6, 6.07) is 6.78. The van der Waals surface area contributed by atoms with E-state index in [1.165, 1.54) is 17.5 Å². The van der Waals surface area contributed by atoms with E-state index >= 15 is 0 Å². The third kappa shape index (κ3) is 5.09. The standard InChI is InChI=1S/C16H27NO/c1-4-11-18-16-10-9-14(13(3)12-16)7-6-8-15(17)5-2/h9-10,12,15H,4-8,11,17H2,1-3H3. The fourth-order valence-corrected chi connectivity index (χ4v) is 2.02. The molecule has 0 heterocycles. The fraction of sp³-hybridized carbons (Fsp3) is 0.625. The fourth-order valence-electron chi connectivity index (χ4n) is 2.02. The lowest BCUT2D eigenvalue weighted by Gasteiger charge is -2.11. The zero-order valence-corrected chi connectivity index (χ0v) is 12.0. The Kier molecular flexibility index (Phi) is 6.81. The number of nitrogens with two attached hydrogens (primary N) is 1. The SMILES string of the molecule is CCCOc1ccc(CCCC(N)CC)c(C)c1. The molecule has 0 radical (unpaired) electrons. The molecule has 102 valence electrons. The minimum absolute atomic E-state index is 0.359. The van der Waals surface area contributed by atoms with Gasteiger partial charge in [0.05, 0.1) is 6.61 Å². The van der Waals surface area contributed by atoms with Gasteiger partial charge in [-0.2, -0.15) is 0 Å². The Hall–Kier alpha value is -1.02. The van der Waals surface area contributed by atoms with Crippen LogP contribution in [0.3, 0.4) is 0 Å². The van der Waals surface area contributed by atoms with Crippen LogP contribution in [0.5, 0.6) is 5.75 Å². The molecule has 0 aliphatic heterocycles. The molecule has 0 aliphatic rings. The largest absolute Gasteiger partial charge is 0.494 e. The van der Waals surface area contributed by atoms with E-state index in [0.29, 0.717) is 6.04 Å². The quantitative estimate of drug-likeness (QED) is 0.759. The predicted octanol–water partition coefficient (Wildman–Crippen LogP) is 3.84. The van der Waals surface area contributed by atoms with E-state index in [0.717, 1.165) is 38.0 Å². The highest BCUT2D eigenvalue weighted by atomic mass is 16.5. The lowest BCUT2D eigenvalue weighted by molar-refractivity contribution is 0.317. The van der Waals surface area contributed by atoms with Gasteiger partial charge in [0.25, 0.3) is 0 Å². The van der Waals surface area contributed by atoms with Gasteiger partial charge in [0.15, 0.2) is 0 Å². The first kappa shape index (κ1) is 15.0. The number of rotatable bonds is 8. The Bertz CT molecular complexity index is 349. The summed E-state index contributed by atoms with van der Waals surface area (Å²) in [5, 5.41) is 0. The average Bonchev–Trinajstić information content (AvgIpc) is 2.38. The zero-order valence-electron chi connectivity index (χ0n) is 12.0. The maximum atomic E-state index is 5.93. The van der Waals surface area contributed by atoms with E-state index < -0.39 is 0 Å². The molecule has 0 aromatic heterocycles. The molecule has 1 atom stereocenters. The molecule has 0 saturated heterocycles. The molecular weight excluding hydrogens is 222 g/mol. The van der Waals surface area contributed by atoms with Crippen LogP contribution in [-0.4, -0.2) is 12.6 Å². The average molecular weight is 249 g/mol. The van der Waals surface area contributed by atoms with Crippen LogP contribution in [0, 0.1) is 6.92 Å². The van der Waals surface area contributed by atoms with Crippen molar-refractivity contribution in [3.8, 4) is 5.75 Å². The van der Waals surface area contributed by atoms with E-state index in [1.54, 1.807) is 0 Å². The minimum atomic E-state index is 0.359. The lowest BCUT2D eigenvalue weighted by Crippen LogP contribution is -2.18. The highest BCUT2D eigenvalue weighted by molar-refractivity contribution is 5.34. The Morgan fingerprint density at radius 1 is 1.28 bits per heavy atom. The summed E-state index contributed by atoms with van der Waals surface area (Å²) in [5.41, 5.74) is 8.68. The van der Waals surface area contributed by atoms with Gasteiger partial charge in [0, 0.05) is 6.04 Å². The topological polar surface area (TPSA) is 35.2 Å². The smallest absolute Gasteiger partial charge is 0.119 e. The molecule has 0 bridgehead atoms. The van der Waals surface area contributed by atoms with Crippen LogP contribution in [0.25, 0.3) is 0 Å². The van der Waals surface area contributed by atoms with Crippen molar-refractivity contribution in [2.45, 2.75) is 58.9 Å². The summed E-state index contributed by atoms with van der Waals surface area (Å²) in [5.74, 6) is 0.989. The number of benzene rings is 1. The van der Waals surface area contributed by atoms with Crippen molar-refractivity contribution in [3.63, 3.8) is 0 Å². The van der Waals surface area contributed by atoms with Crippen molar-refractivity contribution < 1.29 is 4.74 Å². The summed E-state index contributed by atoms with van der Waals surface area (Å²) < 4.78 is 5.63. The van der Waals surface area contributed by atoms with Crippen molar-refractivity contribution in [1.82, 2.24) is 0 Å². The monoisotopic (exact) mass is 249 g/mol. The molecule has 0 aliphatic carbocycles. The van der Waals surface area contributed by atoms with Crippen molar-refractivity contribution >= 4 is 0 Å². The normalized spacial score (nSPS) is 12.4. The van der Waals surface area contributed by atoms with Crippen LogP contribution in [0.1, 0.15) is 50.7 Å². The molecule has 0 spiro atoms. The van der Waals surface area contributed by atoms with Crippen LogP contribution in [0.2, 0.25) is 0 Å². The van der Waals surface area contributed by atoms with E-state index in [1.807, 2.05) is 0 Å². The molecular formula is C16H27NO. The molecule has 2 N–H and O–H groups in total. The zero-order chi connectivity index (χ0) is 13.4. The van der Waals surface area contributed by atoms with Gasteiger partial charge < -0.3 is 10.5 Å². The van der Waals surface area contributed by atoms with Crippen molar-refractivity contribution in [2.75, 3.05) is 6.61 Å². The Labute approximate surface area is 112 Å². The Balaban J connectivity index is 2.46. The van der Waals surface area contributed by atoms with E-state index in [9.17, 15) is 0 Å². The first-order valence-corrected chi connectivity index (χ1v) is 7.15. The number of ether oxygens (including phenoxy) is 1. The molecule has 1 unspecified atom stereocenters. The molecule has 18 heavy (non-hydrogen) atoms. The second kappa shape index (κ2) is 8.15. The first-order chi connectivity index (χ1) is 8.67. The predicted molar refractivity (Wildman–Crippen MR) is 78.2 cm³/mol. The molecule has 0 amide bonds. The van der Waals surface area contributed by atoms with Gasteiger partial charge in [-0.1, -0.05) is 19.9 Å². The van der Waals surface area contributed by atoms with Crippen molar-refractivity contribution in [2.24, 2.45) is 5.73 Å². The van der Waals surface area contributed by atoms with Gasteiger partial charge in [-0.25, -0.2) is 0 Å². The number of hydrogen-bond donors (Lipinski definition) is 1. The lowest BCUT2D eigenvalue weighted by atomic mass is 10.00. The van der Waals surface area contributed by atoms with Gasteiger partial charge >= 0.3 is 0 Å². The highest BCUT2D eigenvalue weighted by Crippen LogP contribution is 2.19. The highest BCUT2D eigenvalue weighted by Gasteiger charge is 2.03. The molecule has 1 aromatic rings. The van der Waals surface area contributed by atoms with Gasteiger partial charge in [0.1, 0.15) is 5.75 Å². The summed E-state index contributed by atoms with van der Waals surface area (Å²) in [6.45, 7) is 7.23. The maximum Gasteiger partial charge on any atom is 0.119 e. The second-order valence-electron chi connectivity index (χ2n) is 5.00. The molecule has 2 heteroatoms. The number of hydrogen-bond acceptors (Lipinski definition) is 2. The van der Waals surface area contributed by atoms with Crippen LogP contribution >= 0.6 is 0 Å². The summed E-state index contributed by atoms with van der Waals surface area (Å²) in [6.07, 6.45) is 5.53. The second-order valence-corrected chi connectivity index (χ2v) is 5.00. The summed E-state index contributed by atoms with van der Waals surface area (Å²) >= 11 is 0. The molecule has 2 nitrogen and oxygen atoms in total. The molecule has 1 aromatic carbocycles. The van der Waals surface area contributed by atoms with Gasteiger partial charge in [-0.15, -0.1) is 0 Å².